The first-order chi connectivity index (χ1) is 13.6. The van der Waals surface area contributed by atoms with Crippen molar-refractivity contribution in [2.24, 2.45) is 10.7 Å². The second-order valence-corrected chi connectivity index (χ2v) is 9.26. The molecular formula is C18H14BrN3O5S2. The zero-order valence-corrected chi connectivity index (χ0v) is 18.1. The molecule has 29 heavy (non-hydrogen) atoms. The summed E-state index contributed by atoms with van der Waals surface area (Å²) in [5.74, 6) is -0.601. The Hall–Kier alpha value is -2.63. The van der Waals surface area contributed by atoms with E-state index in [1.54, 1.807) is 18.2 Å². The Labute approximate surface area is 179 Å². The number of nitrogens with zero attached hydrogens (tertiary/aromatic N) is 1. The lowest BCUT2D eigenvalue weighted by molar-refractivity contribution is -0.114. The Morgan fingerprint density at radius 3 is 2.48 bits per heavy atom. The number of carbonyl (C=O) groups excluding carboxylic acids is 2. The number of rotatable bonds is 5. The van der Waals surface area contributed by atoms with E-state index in [2.05, 4.69) is 26.2 Å². The van der Waals surface area contributed by atoms with Crippen molar-refractivity contribution in [3.8, 4) is 5.75 Å². The van der Waals surface area contributed by atoms with Crippen LogP contribution >= 0.6 is 27.7 Å². The smallest absolute Gasteiger partial charge is 0.339 e. The molecule has 1 aliphatic heterocycles. The summed E-state index contributed by atoms with van der Waals surface area (Å²) in [5, 5.41) is 2.73. The van der Waals surface area contributed by atoms with Gasteiger partial charge >= 0.3 is 10.1 Å². The van der Waals surface area contributed by atoms with Gasteiger partial charge in [-0.25, -0.2) is 0 Å². The number of anilines is 1. The van der Waals surface area contributed by atoms with Gasteiger partial charge in [-0.3, -0.25) is 9.59 Å². The second kappa shape index (κ2) is 8.39. The molecule has 1 heterocycles. The largest absolute Gasteiger partial charge is 0.378 e. The van der Waals surface area contributed by atoms with Gasteiger partial charge in [-0.05, 0) is 75.7 Å². The number of halogens is 1. The molecule has 1 aliphatic rings. The van der Waals surface area contributed by atoms with Crippen LogP contribution in [0.25, 0.3) is 6.08 Å². The molecule has 0 fully saturated rings. The normalized spacial score (nSPS) is 15.3. The molecule has 0 atom stereocenters. The number of hydrogen-bond donors (Lipinski definition) is 2. The maximum Gasteiger partial charge on any atom is 0.339 e. The van der Waals surface area contributed by atoms with E-state index in [0.29, 0.717) is 20.6 Å². The van der Waals surface area contributed by atoms with Gasteiger partial charge in [-0.1, -0.05) is 6.07 Å². The summed E-state index contributed by atoms with van der Waals surface area (Å²) in [6, 6.07) is 10.3. The average Bonchev–Trinajstić information content (AvgIpc) is 2.94. The van der Waals surface area contributed by atoms with Crippen LogP contribution in [0.2, 0.25) is 0 Å². The lowest BCUT2D eigenvalue weighted by Gasteiger charge is -2.10. The van der Waals surface area contributed by atoms with Crippen LogP contribution < -0.4 is 15.2 Å². The molecule has 0 saturated heterocycles. The van der Waals surface area contributed by atoms with E-state index in [4.69, 9.17) is 9.92 Å². The lowest BCUT2D eigenvalue weighted by Crippen LogP contribution is -2.11. The minimum Gasteiger partial charge on any atom is -0.378 e. The number of amidine groups is 1. The van der Waals surface area contributed by atoms with Crippen molar-refractivity contribution in [1.29, 1.82) is 0 Å². The molecule has 0 radical (unpaired) electrons. The zero-order valence-electron chi connectivity index (χ0n) is 14.9. The van der Waals surface area contributed by atoms with Crippen molar-refractivity contribution in [3.05, 3.63) is 57.4 Å². The Morgan fingerprint density at radius 1 is 1.24 bits per heavy atom. The molecule has 0 spiro atoms. The fourth-order valence-electron chi connectivity index (χ4n) is 2.33. The Kier molecular flexibility index (Phi) is 6.10. The monoisotopic (exact) mass is 495 g/mol. The van der Waals surface area contributed by atoms with Crippen molar-refractivity contribution in [2.45, 2.75) is 11.8 Å². The molecule has 0 aliphatic carbocycles. The summed E-state index contributed by atoms with van der Waals surface area (Å²) in [6.45, 7) is 1.36. The van der Waals surface area contributed by atoms with Crippen LogP contribution in [0, 0.1) is 0 Å². The predicted octanol–water partition coefficient (Wildman–Crippen LogP) is 3.10. The highest BCUT2D eigenvalue weighted by Gasteiger charge is 2.21. The maximum absolute atomic E-state index is 12.5. The van der Waals surface area contributed by atoms with Gasteiger partial charge in [-0.15, -0.1) is 0 Å². The van der Waals surface area contributed by atoms with Gasteiger partial charge in [0.1, 0.15) is 4.90 Å². The molecule has 2 aromatic carbocycles. The SMILES string of the molecule is CC(=O)Nc1ccc(S(=O)(=O)Oc2ccc(/C=C3/SC(N)=NC3=O)cc2Br)cc1. The third-order valence-corrected chi connectivity index (χ3v) is 6.23. The standard InChI is InChI=1S/C18H14BrN3O5S2/c1-10(23)21-12-3-5-13(6-4-12)29(25,26)27-15-7-2-11(8-14(15)19)9-16-17(24)22-18(20)28-16/h2-9H,1H3,(H,21,23)(H2,20,22,24)/b16-9+. The van der Waals surface area contributed by atoms with Gasteiger partial charge in [0, 0.05) is 12.6 Å². The Bertz CT molecular complexity index is 1160. The molecule has 11 heteroatoms. The van der Waals surface area contributed by atoms with E-state index in [1.165, 1.54) is 37.3 Å². The van der Waals surface area contributed by atoms with Gasteiger partial charge < -0.3 is 15.2 Å². The minimum atomic E-state index is -4.08. The van der Waals surface area contributed by atoms with E-state index >= 15 is 0 Å². The number of carbonyl (C=O) groups is 2. The molecule has 2 aromatic rings. The number of hydrogen-bond acceptors (Lipinski definition) is 7. The second-order valence-electron chi connectivity index (χ2n) is 5.80. The van der Waals surface area contributed by atoms with Crippen molar-refractivity contribution >= 4 is 66.6 Å². The van der Waals surface area contributed by atoms with Crippen molar-refractivity contribution in [3.63, 3.8) is 0 Å². The number of nitrogens with two attached hydrogens (primary N) is 1. The number of thioether (sulfide) groups is 1. The number of aliphatic imine (C=N–C) groups is 1. The van der Waals surface area contributed by atoms with Crippen LogP contribution in [0.3, 0.4) is 0 Å². The van der Waals surface area contributed by atoms with Gasteiger partial charge in [0.25, 0.3) is 5.91 Å². The number of nitrogens with one attached hydrogen (secondary N) is 1. The Morgan fingerprint density at radius 2 is 1.93 bits per heavy atom. The van der Waals surface area contributed by atoms with Crippen LogP contribution in [0.1, 0.15) is 12.5 Å². The molecule has 0 aromatic heterocycles. The molecule has 8 nitrogen and oxygen atoms in total. The fraction of sp³-hybridized carbons (Fsp3) is 0.0556. The summed E-state index contributed by atoms with van der Waals surface area (Å²) in [6.07, 6.45) is 1.60. The fourth-order valence-corrected chi connectivity index (χ4v) is 4.54. The first-order valence-corrected chi connectivity index (χ1v) is 11.1. The number of amides is 2. The zero-order chi connectivity index (χ0) is 21.2. The predicted molar refractivity (Wildman–Crippen MR) is 115 cm³/mol. The van der Waals surface area contributed by atoms with Crippen LogP contribution in [-0.4, -0.2) is 25.4 Å². The Balaban J connectivity index is 1.78. The maximum atomic E-state index is 12.5. The van der Waals surface area contributed by atoms with Crippen LogP contribution in [0.5, 0.6) is 5.75 Å². The third kappa shape index (κ3) is 5.25. The third-order valence-electron chi connectivity index (χ3n) is 3.55. The molecule has 0 unspecified atom stereocenters. The van der Waals surface area contributed by atoms with Crippen molar-refractivity contribution in [2.75, 3.05) is 5.32 Å². The van der Waals surface area contributed by atoms with Gasteiger partial charge in [0.2, 0.25) is 5.91 Å². The number of benzene rings is 2. The summed E-state index contributed by atoms with van der Waals surface area (Å²) < 4.78 is 30.6. The van der Waals surface area contributed by atoms with E-state index < -0.39 is 16.0 Å². The van der Waals surface area contributed by atoms with Gasteiger partial charge in [0.15, 0.2) is 10.9 Å². The minimum absolute atomic E-state index is 0.0646. The summed E-state index contributed by atoms with van der Waals surface area (Å²) in [7, 11) is -4.08. The van der Waals surface area contributed by atoms with Crippen LogP contribution in [-0.2, 0) is 19.7 Å². The van der Waals surface area contributed by atoms with E-state index in [1.807, 2.05) is 0 Å². The van der Waals surface area contributed by atoms with Gasteiger partial charge in [0.05, 0.1) is 9.38 Å². The molecular weight excluding hydrogens is 482 g/mol. The van der Waals surface area contributed by atoms with Crippen LogP contribution in [0.4, 0.5) is 5.69 Å². The molecule has 3 N–H and O–H groups in total. The molecule has 0 bridgehead atoms. The topological polar surface area (TPSA) is 128 Å². The summed E-state index contributed by atoms with van der Waals surface area (Å²) >= 11 is 4.34. The van der Waals surface area contributed by atoms with Crippen molar-refractivity contribution < 1.29 is 22.2 Å². The first kappa shape index (κ1) is 21.1. The van der Waals surface area contributed by atoms with Crippen molar-refractivity contribution in [1.82, 2.24) is 0 Å². The average molecular weight is 496 g/mol. The first-order valence-electron chi connectivity index (χ1n) is 8.04. The highest BCUT2D eigenvalue weighted by atomic mass is 79.9. The summed E-state index contributed by atoms with van der Waals surface area (Å²) in [4.78, 5) is 26.6. The van der Waals surface area contributed by atoms with Gasteiger partial charge in [-0.2, -0.15) is 13.4 Å². The lowest BCUT2D eigenvalue weighted by atomic mass is 10.2. The molecule has 150 valence electrons. The van der Waals surface area contributed by atoms with E-state index in [0.717, 1.165) is 11.8 Å². The quantitative estimate of drug-likeness (QED) is 0.481. The van der Waals surface area contributed by atoms with Crippen LogP contribution in [0.15, 0.2) is 61.7 Å². The summed E-state index contributed by atoms with van der Waals surface area (Å²) in [5.41, 5.74) is 6.63. The highest BCUT2D eigenvalue weighted by Crippen LogP contribution is 2.32. The molecule has 2 amide bonds. The molecule has 3 rings (SSSR count). The van der Waals surface area contributed by atoms with E-state index in [-0.39, 0.29) is 21.7 Å². The highest BCUT2D eigenvalue weighted by molar-refractivity contribution is 9.10. The van der Waals surface area contributed by atoms with E-state index in [9.17, 15) is 18.0 Å². The molecule has 0 saturated carbocycles.